The molecule has 0 atom stereocenters. The van der Waals surface area contributed by atoms with E-state index in [0.29, 0.717) is 39.1 Å². The highest BCUT2D eigenvalue weighted by atomic mass is 32.1. The monoisotopic (exact) mass is 323 g/mol. The first-order valence-electron chi connectivity index (χ1n) is 7.68. The molecule has 1 N–H and O–H groups in total. The van der Waals surface area contributed by atoms with E-state index in [9.17, 15) is 9.59 Å². The van der Waals surface area contributed by atoms with Crippen LogP contribution in [0.4, 0.5) is 4.79 Å². The molecule has 6 heteroatoms. The Morgan fingerprint density at radius 2 is 1.82 bits per heavy atom. The van der Waals surface area contributed by atoms with Crippen molar-refractivity contribution in [1.29, 1.82) is 0 Å². The van der Waals surface area contributed by atoms with E-state index in [1.54, 1.807) is 16.2 Å². The number of carbonyl (C=O) groups excluding carboxylic acids is 2. The summed E-state index contributed by atoms with van der Waals surface area (Å²) in [6, 6.07) is 3.92. The van der Waals surface area contributed by atoms with Crippen LogP contribution in [-0.2, 0) is 11.2 Å². The number of thiophene rings is 1. The van der Waals surface area contributed by atoms with Gasteiger partial charge in [-0.1, -0.05) is 26.8 Å². The molecule has 1 aromatic rings. The van der Waals surface area contributed by atoms with E-state index in [0.717, 1.165) is 4.88 Å². The minimum Gasteiger partial charge on any atom is -0.339 e. The van der Waals surface area contributed by atoms with Crippen LogP contribution in [-0.4, -0.2) is 54.5 Å². The topological polar surface area (TPSA) is 52.7 Å². The lowest BCUT2D eigenvalue weighted by Gasteiger charge is -2.35. The lowest BCUT2D eigenvalue weighted by molar-refractivity contribution is -0.131. The molecule has 0 radical (unpaired) electrons. The second-order valence-electron chi connectivity index (χ2n) is 6.84. The average Bonchev–Trinajstić information content (AvgIpc) is 2.97. The van der Waals surface area contributed by atoms with Crippen molar-refractivity contribution in [3.8, 4) is 0 Å². The molecule has 5 nitrogen and oxygen atoms in total. The summed E-state index contributed by atoms with van der Waals surface area (Å²) in [5.74, 6) is 0.150. The Bertz CT molecular complexity index is 500. The van der Waals surface area contributed by atoms with Gasteiger partial charge in [-0.3, -0.25) is 4.79 Å². The van der Waals surface area contributed by atoms with Crippen LogP contribution in [0.3, 0.4) is 0 Å². The molecule has 0 spiro atoms. The Kier molecular flexibility index (Phi) is 5.45. The molecule has 0 aromatic carbocycles. The minimum absolute atomic E-state index is 0.0275. The van der Waals surface area contributed by atoms with Gasteiger partial charge in [-0.2, -0.15) is 0 Å². The van der Waals surface area contributed by atoms with Gasteiger partial charge in [0.2, 0.25) is 5.91 Å². The zero-order valence-electron chi connectivity index (χ0n) is 13.6. The molecule has 0 bridgehead atoms. The normalized spacial score (nSPS) is 15.8. The summed E-state index contributed by atoms with van der Waals surface area (Å²) in [5.41, 5.74) is 0.0775. The van der Waals surface area contributed by atoms with Crippen molar-refractivity contribution in [3.63, 3.8) is 0 Å². The highest BCUT2D eigenvalue weighted by Gasteiger charge is 2.24. The third-order valence-corrected chi connectivity index (χ3v) is 4.47. The van der Waals surface area contributed by atoms with E-state index < -0.39 is 0 Å². The van der Waals surface area contributed by atoms with Crippen LogP contribution in [0.2, 0.25) is 0 Å². The summed E-state index contributed by atoms with van der Waals surface area (Å²) >= 11 is 1.61. The molecule has 1 saturated heterocycles. The second kappa shape index (κ2) is 7.13. The maximum atomic E-state index is 12.2. The smallest absolute Gasteiger partial charge is 0.317 e. The van der Waals surface area contributed by atoms with Crippen molar-refractivity contribution in [3.05, 3.63) is 22.4 Å². The number of urea groups is 1. The SMILES string of the molecule is CC(C)(C)CNC(=O)N1CCN(C(=O)Cc2cccs2)CC1. The molecule has 1 aliphatic heterocycles. The summed E-state index contributed by atoms with van der Waals surface area (Å²) in [6.45, 7) is 9.37. The van der Waals surface area contributed by atoms with Gasteiger partial charge in [-0.25, -0.2) is 4.79 Å². The van der Waals surface area contributed by atoms with Gasteiger partial charge in [0.15, 0.2) is 0 Å². The summed E-state index contributed by atoms with van der Waals surface area (Å²) in [7, 11) is 0. The van der Waals surface area contributed by atoms with Gasteiger partial charge in [0, 0.05) is 37.6 Å². The van der Waals surface area contributed by atoms with Crippen LogP contribution >= 0.6 is 11.3 Å². The van der Waals surface area contributed by atoms with E-state index in [-0.39, 0.29) is 17.4 Å². The Morgan fingerprint density at radius 1 is 1.18 bits per heavy atom. The van der Waals surface area contributed by atoms with Crippen LogP contribution in [0.15, 0.2) is 17.5 Å². The first-order chi connectivity index (χ1) is 10.3. The summed E-state index contributed by atoms with van der Waals surface area (Å²) in [4.78, 5) is 29.0. The van der Waals surface area contributed by atoms with Crippen LogP contribution in [0.5, 0.6) is 0 Å². The molecular formula is C16H25N3O2S. The molecule has 0 aliphatic carbocycles. The van der Waals surface area contributed by atoms with E-state index in [1.165, 1.54) is 0 Å². The van der Waals surface area contributed by atoms with E-state index in [4.69, 9.17) is 0 Å². The van der Waals surface area contributed by atoms with Crippen molar-refractivity contribution < 1.29 is 9.59 Å². The molecule has 3 amide bonds. The van der Waals surface area contributed by atoms with Gasteiger partial charge in [0.25, 0.3) is 0 Å². The predicted octanol–water partition coefficient (Wildman–Crippen LogP) is 2.19. The standard InChI is InChI=1S/C16H25N3O2S/c1-16(2,3)12-17-15(21)19-8-6-18(7-9-19)14(20)11-13-5-4-10-22-13/h4-5,10H,6-9,11-12H2,1-3H3,(H,17,21). The highest BCUT2D eigenvalue weighted by Crippen LogP contribution is 2.13. The fourth-order valence-corrected chi connectivity index (χ4v) is 2.98. The van der Waals surface area contributed by atoms with Gasteiger partial charge in [-0.05, 0) is 16.9 Å². The van der Waals surface area contributed by atoms with Crippen LogP contribution in [0.25, 0.3) is 0 Å². The molecule has 1 fully saturated rings. The summed E-state index contributed by atoms with van der Waals surface area (Å²) in [6.07, 6.45) is 0.466. The molecule has 2 rings (SSSR count). The number of hydrogen-bond acceptors (Lipinski definition) is 3. The molecule has 0 saturated carbocycles. The fraction of sp³-hybridized carbons (Fsp3) is 0.625. The maximum absolute atomic E-state index is 12.2. The third-order valence-electron chi connectivity index (χ3n) is 3.60. The largest absolute Gasteiger partial charge is 0.339 e. The average molecular weight is 323 g/mol. The minimum atomic E-state index is -0.0275. The Hall–Kier alpha value is -1.56. The number of amides is 3. The number of nitrogens with zero attached hydrogens (tertiary/aromatic N) is 2. The first-order valence-corrected chi connectivity index (χ1v) is 8.56. The summed E-state index contributed by atoms with van der Waals surface area (Å²) in [5, 5.41) is 4.94. The van der Waals surface area contributed by atoms with Crippen molar-refractivity contribution in [2.24, 2.45) is 5.41 Å². The van der Waals surface area contributed by atoms with Gasteiger partial charge in [0.05, 0.1) is 6.42 Å². The predicted molar refractivity (Wildman–Crippen MR) is 89.0 cm³/mol. The van der Waals surface area contributed by atoms with Gasteiger partial charge < -0.3 is 15.1 Å². The number of piperazine rings is 1. The second-order valence-corrected chi connectivity index (χ2v) is 7.88. The Morgan fingerprint density at radius 3 is 2.36 bits per heavy atom. The van der Waals surface area contributed by atoms with Crippen molar-refractivity contribution in [2.45, 2.75) is 27.2 Å². The third kappa shape index (κ3) is 5.02. The molecular weight excluding hydrogens is 298 g/mol. The van der Waals surface area contributed by atoms with Crippen molar-refractivity contribution in [1.82, 2.24) is 15.1 Å². The maximum Gasteiger partial charge on any atom is 0.317 e. The molecule has 0 unspecified atom stereocenters. The first kappa shape index (κ1) is 16.8. The number of carbonyl (C=O) groups is 2. The van der Waals surface area contributed by atoms with Crippen LogP contribution in [0.1, 0.15) is 25.6 Å². The van der Waals surface area contributed by atoms with Crippen molar-refractivity contribution >= 4 is 23.3 Å². The van der Waals surface area contributed by atoms with Crippen LogP contribution in [0, 0.1) is 5.41 Å². The van der Waals surface area contributed by atoms with E-state index in [1.807, 2.05) is 22.4 Å². The van der Waals surface area contributed by atoms with Crippen LogP contribution < -0.4 is 5.32 Å². The van der Waals surface area contributed by atoms with E-state index in [2.05, 4.69) is 26.1 Å². The lowest BCUT2D eigenvalue weighted by atomic mass is 9.97. The van der Waals surface area contributed by atoms with Gasteiger partial charge in [-0.15, -0.1) is 11.3 Å². The number of rotatable bonds is 3. The zero-order valence-corrected chi connectivity index (χ0v) is 14.4. The molecule has 122 valence electrons. The summed E-state index contributed by atoms with van der Waals surface area (Å²) < 4.78 is 0. The molecule has 2 heterocycles. The number of hydrogen-bond donors (Lipinski definition) is 1. The quantitative estimate of drug-likeness (QED) is 0.927. The zero-order chi connectivity index (χ0) is 16.2. The highest BCUT2D eigenvalue weighted by molar-refractivity contribution is 7.10. The Balaban J connectivity index is 1.75. The van der Waals surface area contributed by atoms with Gasteiger partial charge >= 0.3 is 6.03 Å². The molecule has 1 aliphatic rings. The molecule has 1 aromatic heterocycles. The van der Waals surface area contributed by atoms with E-state index >= 15 is 0 Å². The van der Waals surface area contributed by atoms with Gasteiger partial charge in [0.1, 0.15) is 0 Å². The van der Waals surface area contributed by atoms with Crippen molar-refractivity contribution in [2.75, 3.05) is 32.7 Å². The lowest BCUT2D eigenvalue weighted by Crippen LogP contribution is -2.54. The fourth-order valence-electron chi connectivity index (χ4n) is 2.29. The Labute approximate surface area is 136 Å². The number of nitrogens with one attached hydrogen (secondary N) is 1. The molecule has 22 heavy (non-hydrogen) atoms.